The van der Waals surface area contributed by atoms with Crippen LogP contribution in [0.5, 0.6) is 0 Å². The van der Waals surface area contributed by atoms with Crippen molar-refractivity contribution in [1.82, 2.24) is 0 Å². The van der Waals surface area contributed by atoms with E-state index in [2.05, 4.69) is 9.98 Å². The Labute approximate surface area is 58.7 Å². The minimum atomic E-state index is -1.26. The molecular formula is C4H7ClN2O2. The molecule has 0 aliphatic heterocycles. The third kappa shape index (κ3) is 11.0. The number of nitrogens with zero attached hydrogens (tertiary/aromatic N) is 2. The van der Waals surface area contributed by atoms with Crippen molar-refractivity contribution in [1.29, 1.82) is 0 Å². The summed E-state index contributed by atoms with van der Waals surface area (Å²) in [4.78, 5) is 15.8. The first kappa shape index (κ1) is 11.0. The molecule has 0 aliphatic rings. The molecule has 0 bridgehead atoms. The van der Waals surface area contributed by atoms with E-state index in [4.69, 9.17) is 5.11 Å². The van der Waals surface area contributed by atoms with Gasteiger partial charge in [-0.05, 0) is 6.92 Å². The molecular weight excluding hydrogens is 144 g/mol. The second-order valence-electron chi connectivity index (χ2n) is 0.969. The van der Waals surface area contributed by atoms with Crippen molar-refractivity contribution in [3.05, 3.63) is 0 Å². The third-order valence-electron chi connectivity index (χ3n) is 0.374. The highest BCUT2D eigenvalue weighted by molar-refractivity contribution is 5.85. The number of amides is 1. The fourth-order valence-electron chi connectivity index (χ4n) is 0.149. The van der Waals surface area contributed by atoms with Crippen molar-refractivity contribution in [3.63, 3.8) is 0 Å². The van der Waals surface area contributed by atoms with Crippen LogP contribution in [-0.2, 0) is 0 Å². The Balaban J connectivity index is 0. The van der Waals surface area contributed by atoms with Crippen molar-refractivity contribution in [2.24, 2.45) is 9.98 Å². The van der Waals surface area contributed by atoms with E-state index in [0.717, 1.165) is 0 Å². The molecule has 0 aromatic carbocycles. The first-order valence-corrected chi connectivity index (χ1v) is 2.12. The van der Waals surface area contributed by atoms with Crippen molar-refractivity contribution in [2.75, 3.05) is 6.54 Å². The summed E-state index contributed by atoms with van der Waals surface area (Å²) in [5.74, 6) is 0. The first-order chi connectivity index (χ1) is 3.77. The molecule has 0 radical (unpaired) electrons. The van der Waals surface area contributed by atoms with Gasteiger partial charge in [-0.3, -0.25) is 0 Å². The zero-order chi connectivity index (χ0) is 6.41. The van der Waals surface area contributed by atoms with Crippen molar-refractivity contribution < 1.29 is 9.90 Å². The van der Waals surface area contributed by atoms with Crippen LogP contribution < -0.4 is 0 Å². The number of carboxylic acid groups (broad SMARTS) is 1. The Morgan fingerprint density at radius 2 is 2.33 bits per heavy atom. The van der Waals surface area contributed by atoms with Gasteiger partial charge in [-0.2, -0.15) is 0 Å². The maximum Gasteiger partial charge on any atom is 0.440 e. The smallest absolute Gasteiger partial charge is 0.440 e. The number of carbonyl (C=O) groups is 1. The fraction of sp³-hybridized carbons (Fsp3) is 0.500. The van der Waals surface area contributed by atoms with Crippen molar-refractivity contribution in [3.8, 4) is 0 Å². The normalized spacial score (nSPS) is 6.33. The molecule has 0 unspecified atom stereocenters. The molecule has 0 saturated carbocycles. The van der Waals surface area contributed by atoms with Crippen LogP contribution in [0.4, 0.5) is 4.79 Å². The van der Waals surface area contributed by atoms with E-state index < -0.39 is 6.09 Å². The Morgan fingerprint density at radius 1 is 1.78 bits per heavy atom. The first-order valence-electron chi connectivity index (χ1n) is 2.12. The molecule has 52 valence electrons. The van der Waals surface area contributed by atoms with Crippen LogP contribution in [-0.4, -0.2) is 23.8 Å². The van der Waals surface area contributed by atoms with Crippen LogP contribution in [0.25, 0.3) is 0 Å². The van der Waals surface area contributed by atoms with Gasteiger partial charge >= 0.3 is 6.09 Å². The van der Waals surface area contributed by atoms with E-state index in [1.165, 1.54) is 0 Å². The van der Waals surface area contributed by atoms with Crippen LogP contribution in [0.2, 0.25) is 0 Å². The molecule has 9 heavy (non-hydrogen) atoms. The minimum Gasteiger partial charge on any atom is -0.463 e. The van der Waals surface area contributed by atoms with Gasteiger partial charge in [0.15, 0.2) is 0 Å². The lowest BCUT2D eigenvalue weighted by Gasteiger charge is -1.69. The quantitative estimate of drug-likeness (QED) is 0.573. The van der Waals surface area contributed by atoms with Crippen molar-refractivity contribution in [2.45, 2.75) is 6.92 Å². The second kappa shape index (κ2) is 7.14. The van der Waals surface area contributed by atoms with E-state index in [1.807, 2.05) is 6.01 Å². The molecule has 0 aliphatic carbocycles. The average Bonchev–Trinajstić information content (AvgIpc) is 1.66. The second-order valence-corrected chi connectivity index (χ2v) is 0.969. The topological polar surface area (TPSA) is 62.0 Å². The SMILES string of the molecule is CCN=C=NC(=O)O.Cl. The number of rotatable bonds is 1. The van der Waals surface area contributed by atoms with Gasteiger partial charge in [0.05, 0.1) is 0 Å². The molecule has 0 fully saturated rings. The zero-order valence-electron chi connectivity index (χ0n) is 4.87. The Kier molecular flexibility index (Phi) is 8.73. The summed E-state index contributed by atoms with van der Waals surface area (Å²) in [6, 6.07) is 1.98. The van der Waals surface area contributed by atoms with Crippen LogP contribution in [0.15, 0.2) is 9.98 Å². The Morgan fingerprint density at radius 3 is 2.67 bits per heavy atom. The summed E-state index contributed by atoms with van der Waals surface area (Å²) in [7, 11) is 0. The molecule has 0 saturated heterocycles. The van der Waals surface area contributed by atoms with Crippen LogP contribution >= 0.6 is 12.4 Å². The third-order valence-corrected chi connectivity index (χ3v) is 0.374. The van der Waals surface area contributed by atoms with E-state index in [1.54, 1.807) is 6.92 Å². The average molecular weight is 151 g/mol. The van der Waals surface area contributed by atoms with Gasteiger partial charge in [-0.25, -0.2) is 9.79 Å². The Hall–Kier alpha value is -0.860. The largest absolute Gasteiger partial charge is 0.463 e. The molecule has 0 atom stereocenters. The van der Waals surface area contributed by atoms with E-state index in [9.17, 15) is 4.79 Å². The highest BCUT2D eigenvalue weighted by Crippen LogP contribution is 1.65. The van der Waals surface area contributed by atoms with Crippen LogP contribution in [0, 0.1) is 0 Å². The summed E-state index contributed by atoms with van der Waals surface area (Å²) in [5, 5.41) is 7.85. The van der Waals surface area contributed by atoms with Crippen LogP contribution in [0.1, 0.15) is 6.92 Å². The summed E-state index contributed by atoms with van der Waals surface area (Å²) in [6.07, 6.45) is -1.26. The van der Waals surface area contributed by atoms with Crippen LogP contribution in [0.3, 0.4) is 0 Å². The van der Waals surface area contributed by atoms with Gasteiger partial charge in [-0.15, -0.1) is 17.4 Å². The van der Waals surface area contributed by atoms with E-state index in [0.29, 0.717) is 6.54 Å². The maximum atomic E-state index is 9.58. The van der Waals surface area contributed by atoms with E-state index >= 15 is 0 Å². The lowest BCUT2D eigenvalue weighted by atomic mass is 10.8. The zero-order valence-corrected chi connectivity index (χ0v) is 5.68. The fourth-order valence-corrected chi connectivity index (χ4v) is 0.149. The standard InChI is InChI=1S/C4H6N2O2.ClH/c1-2-5-3-6-4(7)8;/h2H2,1H3,(H,7,8);1H. The molecule has 0 aromatic rings. The monoisotopic (exact) mass is 150 g/mol. The number of halogens is 1. The maximum absolute atomic E-state index is 9.58. The lowest BCUT2D eigenvalue weighted by Crippen LogP contribution is -1.81. The molecule has 1 amide bonds. The van der Waals surface area contributed by atoms with Crippen molar-refractivity contribution >= 4 is 24.5 Å². The van der Waals surface area contributed by atoms with Gasteiger partial charge in [0.25, 0.3) is 0 Å². The van der Waals surface area contributed by atoms with Gasteiger partial charge in [0.1, 0.15) is 6.01 Å². The molecule has 5 heteroatoms. The molecule has 0 rings (SSSR count). The van der Waals surface area contributed by atoms with Gasteiger partial charge in [0, 0.05) is 6.54 Å². The highest BCUT2D eigenvalue weighted by Gasteiger charge is 1.80. The summed E-state index contributed by atoms with van der Waals surface area (Å²) >= 11 is 0. The van der Waals surface area contributed by atoms with E-state index in [-0.39, 0.29) is 12.4 Å². The molecule has 1 N–H and O–H groups in total. The summed E-state index contributed by atoms with van der Waals surface area (Å²) < 4.78 is 0. The predicted octanol–water partition coefficient (Wildman–Crippen LogP) is 1.28. The molecule has 0 aromatic heterocycles. The predicted molar refractivity (Wildman–Crippen MR) is 35.7 cm³/mol. The lowest BCUT2D eigenvalue weighted by molar-refractivity contribution is 0.206. The molecule has 0 heterocycles. The molecule has 0 spiro atoms. The number of hydrogen-bond acceptors (Lipinski definition) is 2. The van der Waals surface area contributed by atoms with Gasteiger partial charge < -0.3 is 5.11 Å². The Bertz CT molecular complexity index is 140. The summed E-state index contributed by atoms with van der Waals surface area (Å²) in [5.41, 5.74) is 0. The van der Waals surface area contributed by atoms with Gasteiger partial charge in [-0.1, -0.05) is 0 Å². The van der Waals surface area contributed by atoms with Gasteiger partial charge in [0.2, 0.25) is 0 Å². The molecule has 4 nitrogen and oxygen atoms in total. The minimum absolute atomic E-state index is 0. The highest BCUT2D eigenvalue weighted by atomic mass is 35.5. The summed E-state index contributed by atoms with van der Waals surface area (Å²) in [6.45, 7) is 2.28. The number of aliphatic imine (C=N–C) groups is 2. The number of hydrogen-bond donors (Lipinski definition) is 1.